The van der Waals surface area contributed by atoms with Crippen LogP contribution in [0.1, 0.15) is 48.0 Å². The zero-order valence-corrected chi connectivity index (χ0v) is 23.3. The van der Waals surface area contributed by atoms with Crippen LogP contribution in [-0.2, 0) is 22.5 Å². The number of hydrazine groups is 2. The van der Waals surface area contributed by atoms with Gasteiger partial charge in [0.15, 0.2) is 5.75 Å². The van der Waals surface area contributed by atoms with Gasteiger partial charge in [0.2, 0.25) is 10.0 Å². The van der Waals surface area contributed by atoms with Crippen LogP contribution in [0.5, 0.6) is 5.75 Å². The number of anilines is 3. The summed E-state index contributed by atoms with van der Waals surface area (Å²) in [6.45, 7) is 7.96. The number of sulfonamides is 1. The number of methoxy groups -OCH3 is 1. The summed E-state index contributed by atoms with van der Waals surface area (Å²) in [4.78, 5) is 17.6. The zero-order valence-electron chi connectivity index (χ0n) is 22.5. The average molecular weight is 540 g/mol. The van der Waals surface area contributed by atoms with E-state index in [9.17, 15) is 13.2 Å². The summed E-state index contributed by atoms with van der Waals surface area (Å²) in [6.07, 6.45) is 6.43. The molecular formula is C26H33N7O4S. The molecule has 2 heterocycles. The first-order valence-electron chi connectivity index (χ1n) is 11.9. The summed E-state index contributed by atoms with van der Waals surface area (Å²) in [6, 6.07) is 8.89. The minimum Gasteiger partial charge on any atom is -0.492 e. The number of benzene rings is 2. The van der Waals surface area contributed by atoms with Crippen molar-refractivity contribution in [1.82, 2.24) is 20.5 Å². The van der Waals surface area contributed by atoms with E-state index in [4.69, 9.17) is 4.74 Å². The third-order valence-corrected chi connectivity index (χ3v) is 6.69. The maximum Gasteiger partial charge on any atom is 0.255 e. The number of aryl methyl sites for hydroxylation is 2. The first kappa shape index (κ1) is 27.0. The molecule has 1 aliphatic rings. The van der Waals surface area contributed by atoms with Crippen molar-refractivity contribution in [2.24, 2.45) is 7.05 Å². The second-order valence-electron chi connectivity index (χ2n) is 10.2. The molecule has 11 nitrogen and oxygen atoms in total. The first-order chi connectivity index (χ1) is 17.8. The van der Waals surface area contributed by atoms with Crippen molar-refractivity contribution in [3.63, 3.8) is 0 Å². The van der Waals surface area contributed by atoms with Crippen molar-refractivity contribution >= 4 is 38.7 Å². The predicted molar refractivity (Wildman–Crippen MR) is 149 cm³/mol. The van der Waals surface area contributed by atoms with Crippen molar-refractivity contribution < 1.29 is 17.9 Å². The van der Waals surface area contributed by atoms with E-state index < -0.39 is 10.0 Å². The molecule has 2 aromatic carbocycles. The molecule has 3 aromatic rings. The Bertz CT molecular complexity index is 1520. The minimum absolute atomic E-state index is 0.221. The van der Waals surface area contributed by atoms with Crippen LogP contribution < -0.4 is 30.7 Å². The van der Waals surface area contributed by atoms with Crippen LogP contribution in [0.15, 0.2) is 49.1 Å². The Balaban J connectivity index is 1.68. The van der Waals surface area contributed by atoms with Gasteiger partial charge in [-0.2, -0.15) is 0 Å². The van der Waals surface area contributed by atoms with E-state index >= 15 is 0 Å². The molecule has 0 saturated carbocycles. The number of amides is 1. The highest BCUT2D eigenvalue weighted by atomic mass is 32.2. The fourth-order valence-electron chi connectivity index (χ4n) is 4.05. The van der Waals surface area contributed by atoms with Gasteiger partial charge >= 0.3 is 0 Å². The fourth-order valence-corrected chi connectivity index (χ4v) is 4.60. The van der Waals surface area contributed by atoms with Gasteiger partial charge < -0.3 is 14.6 Å². The minimum atomic E-state index is -3.58. The van der Waals surface area contributed by atoms with E-state index in [1.165, 1.54) is 7.11 Å². The van der Waals surface area contributed by atoms with Crippen LogP contribution in [0.25, 0.3) is 5.70 Å². The number of imidazole rings is 1. The van der Waals surface area contributed by atoms with Crippen molar-refractivity contribution in [2.45, 2.75) is 33.1 Å². The Morgan fingerprint density at radius 1 is 1.13 bits per heavy atom. The van der Waals surface area contributed by atoms with Gasteiger partial charge in [-0.05, 0) is 47.7 Å². The number of rotatable bonds is 7. The number of carbonyl (C=O) groups excluding carboxylic acids is 1. The first-order valence-corrected chi connectivity index (χ1v) is 13.8. The van der Waals surface area contributed by atoms with Crippen LogP contribution in [0.4, 0.5) is 17.1 Å². The molecule has 0 aliphatic carbocycles. The molecule has 0 unspecified atom stereocenters. The number of hydrogen-bond acceptors (Lipinski definition) is 8. The maximum absolute atomic E-state index is 13.4. The van der Waals surface area contributed by atoms with Gasteiger partial charge in [0, 0.05) is 12.6 Å². The van der Waals surface area contributed by atoms with Gasteiger partial charge in [0.05, 0.1) is 60.5 Å². The monoisotopic (exact) mass is 539 g/mol. The third-order valence-electron chi connectivity index (χ3n) is 6.10. The van der Waals surface area contributed by atoms with Crippen molar-refractivity contribution in [3.8, 4) is 5.75 Å². The van der Waals surface area contributed by atoms with Crippen LogP contribution in [0.2, 0.25) is 0 Å². The lowest BCUT2D eigenvalue weighted by Gasteiger charge is -2.24. The van der Waals surface area contributed by atoms with Gasteiger partial charge in [-0.25, -0.2) is 13.4 Å². The molecule has 12 heteroatoms. The van der Waals surface area contributed by atoms with E-state index in [1.54, 1.807) is 41.8 Å². The summed E-state index contributed by atoms with van der Waals surface area (Å²) in [5, 5.41) is 4.71. The lowest BCUT2D eigenvalue weighted by atomic mass is 9.86. The van der Waals surface area contributed by atoms with E-state index in [0.29, 0.717) is 11.3 Å². The van der Waals surface area contributed by atoms with Crippen LogP contribution in [0, 0.1) is 6.92 Å². The van der Waals surface area contributed by atoms with Crippen molar-refractivity contribution in [1.29, 1.82) is 0 Å². The van der Waals surface area contributed by atoms with E-state index in [-0.39, 0.29) is 22.8 Å². The molecule has 0 spiro atoms. The van der Waals surface area contributed by atoms with Crippen molar-refractivity contribution in [2.75, 3.05) is 28.4 Å². The molecule has 38 heavy (non-hydrogen) atoms. The van der Waals surface area contributed by atoms with Gasteiger partial charge in [-0.15, -0.1) is 5.53 Å². The lowest BCUT2D eigenvalue weighted by Crippen LogP contribution is -2.36. The fraction of sp³-hybridized carbons (Fsp3) is 0.308. The summed E-state index contributed by atoms with van der Waals surface area (Å²) >= 11 is 0. The average Bonchev–Trinajstić information content (AvgIpc) is 3.46. The number of ether oxygens (including phenoxy) is 1. The Kier molecular flexibility index (Phi) is 7.13. The Labute approximate surface area is 222 Å². The topological polar surface area (TPSA) is 130 Å². The quantitative estimate of drug-likeness (QED) is 0.359. The predicted octanol–water partition coefficient (Wildman–Crippen LogP) is 3.49. The van der Waals surface area contributed by atoms with Gasteiger partial charge in [-0.1, -0.05) is 26.8 Å². The highest BCUT2D eigenvalue weighted by Gasteiger charge is 2.23. The largest absolute Gasteiger partial charge is 0.492 e. The van der Waals surface area contributed by atoms with Gasteiger partial charge in [0.25, 0.3) is 5.91 Å². The highest BCUT2D eigenvalue weighted by Crippen LogP contribution is 2.39. The SMILES string of the molecule is COc1c(NC(=O)c2ccc(C)c(N3C=C(c4cncn4C)NN3)c2)cc(C(C)(C)C)cc1NS(C)(=O)=O. The Morgan fingerprint density at radius 3 is 2.45 bits per heavy atom. The molecule has 1 aromatic heterocycles. The highest BCUT2D eigenvalue weighted by molar-refractivity contribution is 7.92. The molecule has 0 atom stereocenters. The molecule has 1 amide bonds. The van der Waals surface area contributed by atoms with Crippen LogP contribution in [0.3, 0.4) is 0 Å². The van der Waals surface area contributed by atoms with Gasteiger partial charge in [0.1, 0.15) is 0 Å². The summed E-state index contributed by atoms with van der Waals surface area (Å²) < 4.78 is 34.0. The standard InChI is InChI=1S/C26H33N7O4S/c1-16-8-9-17(10-22(16)33-14-21(29-31-33)23-13-27-15-32(23)5)25(34)28-19-11-18(26(2,3)4)12-20(24(19)37-6)30-38(7,35)36/h8-15,29-31H,1-7H3,(H,28,34). The molecule has 0 saturated heterocycles. The number of carbonyl (C=O) groups is 1. The second-order valence-corrected chi connectivity index (χ2v) is 12.0. The molecule has 4 rings (SSSR count). The third kappa shape index (κ3) is 5.76. The smallest absolute Gasteiger partial charge is 0.255 e. The van der Waals surface area contributed by atoms with Crippen LogP contribution in [-0.4, -0.2) is 37.2 Å². The summed E-state index contributed by atoms with van der Waals surface area (Å²) in [5.74, 6) is -0.151. The normalized spacial score (nSPS) is 13.7. The van der Waals surface area contributed by atoms with E-state index in [2.05, 4.69) is 26.0 Å². The Morgan fingerprint density at radius 2 is 1.84 bits per heavy atom. The molecule has 4 N–H and O–H groups in total. The lowest BCUT2D eigenvalue weighted by molar-refractivity contribution is 0.102. The molecule has 202 valence electrons. The number of nitrogens with zero attached hydrogens (tertiary/aromatic N) is 3. The van der Waals surface area contributed by atoms with Crippen LogP contribution >= 0.6 is 0 Å². The second kappa shape index (κ2) is 10.0. The van der Waals surface area contributed by atoms with E-state index in [1.807, 2.05) is 51.6 Å². The molecule has 1 aliphatic heterocycles. The Hall–Kier alpha value is -4.03. The number of hydrogen-bond donors (Lipinski definition) is 4. The number of aromatic nitrogens is 2. The van der Waals surface area contributed by atoms with Crippen molar-refractivity contribution in [3.05, 3.63) is 71.4 Å². The zero-order chi connectivity index (χ0) is 27.8. The maximum atomic E-state index is 13.4. The number of nitrogens with one attached hydrogen (secondary N) is 4. The van der Waals surface area contributed by atoms with Gasteiger partial charge in [-0.3, -0.25) is 20.0 Å². The molecular weight excluding hydrogens is 506 g/mol. The molecule has 0 fully saturated rings. The molecule has 0 radical (unpaired) electrons. The summed E-state index contributed by atoms with van der Waals surface area (Å²) in [7, 11) is -0.251. The summed E-state index contributed by atoms with van der Waals surface area (Å²) in [5.41, 5.74) is 11.2. The van der Waals surface area contributed by atoms with E-state index in [0.717, 1.165) is 34.5 Å². The molecule has 0 bridgehead atoms.